The van der Waals surface area contributed by atoms with Crippen molar-refractivity contribution >= 4 is 17.3 Å². The van der Waals surface area contributed by atoms with Gasteiger partial charge in [-0.3, -0.25) is 0 Å². The van der Waals surface area contributed by atoms with Crippen LogP contribution in [0.2, 0.25) is 5.02 Å². The van der Waals surface area contributed by atoms with Gasteiger partial charge in [0.25, 0.3) is 0 Å². The molecule has 2 nitrogen and oxygen atoms in total. The predicted molar refractivity (Wildman–Crippen MR) is 65.7 cm³/mol. The smallest absolute Gasteiger partial charge is 0.150 e. The Morgan fingerprint density at radius 1 is 1.47 bits per heavy atom. The van der Waals surface area contributed by atoms with E-state index in [2.05, 4.69) is 5.32 Å². The fourth-order valence-corrected chi connectivity index (χ4v) is 2.53. The van der Waals surface area contributed by atoms with E-state index in [1.165, 1.54) is 0 Å². The zero-order chi connectivity index (χ0) is 12.4. The molecule has 1 N–H and O–H groups in total. The molecular weight excluding hydrogens is 246 g/mol. The minimum atomic E-state index is -0.639. The Labute approximate surface area is 105 Å². The third-order valence-corrected chi connectivity index (χ3v) is 3.38. The van der Waals surface area contributed by atoms with E-state index in [1.54, 1.807) is 0 Å². The van der Waals surface area contributed by atoms with Crippen LogP contribution >= 0.6 is 11.6 Å². The van der Waals surface area contributed by atoms with Gasteiger partial charge in [0, 0.05) is 31.7 Å². The summed E-state index contributed by atoms with van der Waals surface area (Å²) in [6.45, 7) is 4.30. The molecule has 0 spiro atoms. The zero-order valence-electron chi connectivity index (χ0n) is 9.64. The highest BCUT2D eigenvalue weighted by molar-refractivity contribution is 6.33. The molecule has 1 aromatic carbocycles. The first kappa shape index (κ1) is 12.6. The Morgan fingerprint density at radius 2 is 2.24 bits per heavy atom. The number of benzene rings is 1. The van der Waals surface area contributed by atoms with Crippen LogP contribution in [0.25, 0.3) is 0 Å². The maximum atomic E-state index is 13.8. The molecule has 1 fully saturated rings. The monoisotopic (exact) mass is 260 g/mol. The van der Waals surface area contributed by atoms with Gasteiger partial charge in [-0.1, -0.05) is 18.5 Å². The molecule has 0 amide bonds. The standard InChI is InChI=1S/C12H15ClF2N2/c1-2-9-7-16-3-4-17(9)12-10(13)5-8(14)6-11(12)15/h5-6,9,16H,2-4,7H2,1H3. The van der Waals surface area contributed by atoms with Crippen LogP contribution in [0.5, 0.6) is 0 Å². The Bertz CT molecular complexity index is 388. The lowest BCUT2D eigenvalue weighted by Gasteiger charge is -2.38. The molecule has 94 valence electrons. The van der Waals surface area contributed by atoms with Crippen LogP contribution in [0, 0.1) is 11.6 Å². The molecule has 1 atom stereocenters. The van der Waals surface area contributed by atoms with Crippen molar-refractivity contribution in [2.75, 3.05) is 24.5 Å². The molecule has 1 saturated heterocycles. The summed E-state index contributed by atoms with van der Waals surface area (Å²) >= 11 is 5.95. The number of halogens is 3. The van der Waals surface area contributed by atoms with Gasteiger partial charge in [0.1, 0.15) is 5.82 Å². The fourth-order valence-electron chi connectivity index (χ4n) is 2.23. The fraction of sp³-hybridized carbons (Fsp3) is 0.500. The van der Waals surface area contributed by atoms with E-state index in [0.717, 1.165) is 31.6 Å². The van der Waals surface area contributed by atoms with E-state index in [9.17, 15) is 8.78 Å². The minimum Gasteiger partial charge on any atom is -0.362 e. The minimum absolute atomic E-state index is 0.142. The number of piperazine rings is 1. The lowest BCUT2D eigenvalue weighted by atomic mass is 10.1. The Balaban J connectivity index is 2.38. The van der Waals surface area contributed by atoms with Gasteiger partial charge < -0.3 is 10.2 Å². The molecule has 0 aromatic heterocycles. The first-order valence-electron chi connectivity index (χ1n) is 5.75. The van der Waals surface area contributed by atoms with Crippen molar-refractivity contribution in [2.24, 2.45) is 0 Å². The van der Waals surface area contributed by atoms with Crippen LogP contribution in [0.1, 0.15) is 13.3 Å². The highest BCUT2D eigenvalue weighted by atomic mass is 35.5. The van der Waals surface area contributed by atoms with E-state index in [-0.39, 0.29) is 11.1 Å². The summed E-state index contributed by atoms with van der Waals surface area (Å²) in [5.41, 5.74) is 0.321. The normalized spacial score (nSPS) is 20.7. The van der Waals surface area contributed by atoms with Crippen LogP contribution in [0.3, 0.4) is 0 Å². The number of nitrogens with zero attached hydrogens (tertiary/aromatic N) is 1. The zero-order valence-corrected chi connectivity index (χ0v) is 10.4. The van der Waals surface area contributed by atoms with Crippen LogP contribution in [-0.2, 0) is 0 Å². The third-order valence-electron chi connectivity index (χ3n) is 3.09. The molecule has 1 aliphatic rings. The molecule has 0 aliphatic carbocycles. The predicted octanol–water partition coefficient (Wildman–Crippen LogP) is 2.81. The maximum absolute atomic E-state index is 13.8. The summed E-state index contributed by atoms with van der Waals surface area (Å²) in [6.07, 6.45) is 0.889. The molecule has 5 heteroatoms. The van der Waals surface area contributed by atoms with Crippen molar-refractivity contribution < 1.29 is 8.78 Å². The van der Waals surface area contributed by atoms with E-state index in [0.29, 0.717) is 12.2 Å². The van der Waals surface area contributed by atoms with Crippen molar-refractivity contribution in [3.05, 3.63) is 28.8 Å². The molecule has 0 radical (unpaired) electrons. The molecule has 1 aliphatic heterocycles. The van der Waals surface area contributed by atoms with Gasteiger partial charge >= 0.3 is 0 Å². The largest absolute Gasteiger partial charge is 0.362 e. The summed E-state index contributed by atoms with van der Waals surface area (Å²) in [6, 6.07) is 2.24. The molecule has 2 rings (SSSR count). The molecule has 0 bridgehead atoms. The second-order valence-corrected chi connectivity index (χ2v) is 4.58. The molecule has 0 saturated carbocycles. The second-order valence-electron chi connectivity index (χ2n) is 4.18. The lowest BCUT2D eigenvalue weighted by Crippen LogP contribution is -2.51. The van der Waals surface area contributed by atoms with Gasteiger partial charge in [-0.05, 0) is 12.5 Å². The van der Waals surface area contributed by atoms with Gasteiger partial charge in [0.05, 0.1) is 10.7 Å². The van der Waals surface area contributed by atoms with Crippen LogP contribution in [0.15, 0.2) is 12.1 Å². The second kappa shape index (κ2) is 5.19. The Kier molecular flexibility index (Phi) is 3.84. The summed E-state index contributed by atoms with van der Waals surface area (Å²) in [4.78, 5) is 1.92. The van der Waals surface area contributed by atoms with Crippen molar-refractivity contribution in [1.29, 1.82) is 0 Å². The number of hydrogen-bond donors (Lipinski definition) is 1. The van der Waals surface area contributed by atoms with E-state index >= 15 is 0 Å². The average Bonchev–Trinajstić information content (AvgIpc) is 2.28. The van der Waals surface area contributed by atoms with Crippen molar-refractivity contribution in [3.63, 3.8) is 0 Å². The summed E-state index contributed by atoms with van der Waals surface area (Å²) < 4.78 is 26.8. The number of rotatable bonds is 2. The lowest BCUT2D eigenvalue weighted by molar-refractivity contribution is 0.458. The molecule has 1 aromatic rings. The highest BCUT2D eigenvalue weighted by Gasteiger charge is 2.25. The Morgan fingerprint density at radius 3 is 2.88 bits per heavy atom. The molecule has 1 unspecified atom stereocenters. The first-order chi connectivity index (χ1) is 8.13. The van der Waals surface area contributed by atoms with E-state index in [4.69, 9.17) is 11.6 Å². The third kappa shape index (κ3) is 2.53. The molecule has 17 heavy (non-hydrogen) atoms. The van der Waals surface area contributed by atoms with Crippen LogP contribution in [-0.4, -0.2) is 25.7 Å². The maximum Gasteiger partial charge on any atom is 0.150 e. The summed E-state index contributed by atoms with van der Waals surface area (Å²) in [5.74, 6) is -1.23. The van der Waals surface area contributed by atoms with Gasteiger partial charge in [0.15, 0.2) is 5.82 Å². The quantitative estimate of drug-likeness (QED) is 0.880. The average molecular weight is 261 g/mol. The Hall–Kier alpha value is -0.870. The number of anilines is 1. The van der Waals surface area contributed by atoms with Crippen LogP contribution < -0.4 is 10.2 Å². The summed E-state index contributed by atoms with van der Waals surface area (Å²) in [5, 5.41) is 3.40. The van der Waals surface area contributed by atoms with Gasteiger partial charge in [-0.2, -0.15) is 0 Å². The van der Waals surface area contributed by atoms with Gasteiger partial charge in [-0.15, -0.1) is 0 Å². The van der Waals surface area contributed by atoms with Gasteiger partial charge in [0.2, 0.25) is 0 Å². The highest BCUT2D eigenvalue weighted by Crippen LogP contribution is 2.32. The van der Waals surface area contributed by atoms with Crippen molar-refractivity contribution in [3.8, 4) is 0 Å². The van der Waals surface area contributed by atoms with Crippen molar-refractivity contribution in [1.82, 2.24) is 5.32 Å². The first-order valence-corrected chi connectivity index (χ1v) is 6.13. The molecular formula is C12H15ClF2N2. The molecule has 1 heterocycles. The van der Waals surface area contributed by atoms with Gasteiger partial charge in [-0.25, -0.2) is 8.78 Å². The SMILES string of the molecule is CCC1CNCCN1c1c(F)cc(F)cc1Cl. The number of hydrogen-bond acceptors (Lipinski definition) is 2. The van der Waals surface area contributed by atoms with Crippen molar-refractivity contribution in [2.45, 2.75) is 19.4 Å². The van der Waals surface area contributed by atoms with Crippen LogP contribution in [0.4, 0.5) is 14.5 Å². The van der Waals surface area contributed by atoms with E-state index in [1.807, 2.05) is 11.8 Å². The topological polar surface area (TPSA) is 15.3 Å². The van der Waals surface area contributed by atoms with E-state index < -0.39 is 11.6 Å². The number of nitrogens with one attached hydrogen (secondary N) is 1. The summed E-state index contributed by atoms with van der Waals surface area (Å²) in [7, 11) is 0.